The molecular weight excluding hydrogens is 252 g/mol. The number of carbonyl (C=O) groups is 2. The molecule has 0 aromatic carbocycles. The van der Waals surface area contributed by atoms with Crippen molar-refractivity contribution >= 4 is 28.2 Å². The van der Waals surface area contributed by atoms with Crippen LogP contribution in [0.4, 0.5) is 5.00 Å². The molecule has 3 N–H and O–H groups in total. The second kappa shape index (κ2) is 4.91. The van der Waals surface area contributed by atoms with E-state index in [-0.39, 0.29) is 5.91 Å². The summed E-state index contributed by atoms with van der Waals surface area (Å²) in [5, 5.41) is 3.16. The summed E-state index contributed by atoms with van der Waals surface area (Å²) in [4.78, 5) is 24.1. The topological polar surface area (TPSA) is 81.4 Å². The Morgan fingerprint density at radius 1 is 1.50 bits per heavy atom. The van der Waals surface area contributed by atoms with Gasteiger partial charge in [-0.1, -0.05) is 6.58 Å². The molecule has 2 rings (SSSR count). The Balaban J connectivity index is 2.40. The van der Waals surface area contributed by atoms with Crippen LogP contribution in [-0.4, -0.2) is 18.4 Å². The van der Waals surface area contributed by atoms with Crippen LogP contribution < -0.4 is 11.1 Å². The number of anilines is 1. The van der Waals surface area contributed by atoms with Gasteiger partial charge in [-0.2, -0.15) is 0 Å². The van der Waals surface area contributed by atoms with Gasteiger partial charge in [-0.25, -0.2) is 0 Å². The summed E-state index contributed by atoms with van der Waals surface area (Å²) in [5.74, 6) is -0.830. The van der Waals surface area contributed by atoms with Crippen molar-refractivity contribution in [2.24, 2.45) is 5.73 Å². The van der Waals surface area contributed by atoms with Gasteiger partial charge in [0, 0.05) is 10.5 Å². The molecule has 0 fully saturated rings. The minimum absolute atomic E-state index is 0.308. The average Bonchev–Trinajstić information content (AvgIpc) is 2.66. The van der Waals surface area contributed by atoms with Gasteiger partial charge in [-0.15, -0.1) is 11.3 Å². The Bertz CT molecular complexity index is 534. The van der Waals surface area contributed by atoms with E-state index in [1.54, 1.807) is 6.92 Å². The zero-order valence-corrected chi connectivity index (χ0v) is 10.9. The normalized spacial score (nSPS) is 13.8. The first-order valence-corrected chi connectivity index (χ1v) is 6.31. The van der Waals surface area contributed by atoms with E-state index < -0.39 is 5.91 Å². The van der Waals surface area contributed by atoms with Crippen molar-refractivity contribution in [2.45, 2.75) is 20.0 Å². The number of primary amides is 1. The van der Waals surface area contributed by atoms with E-state index in [2.05, 4.69) is 11.9 Å². The van der Waals surface area contributed by atoms with Crippen LogP contribution in [0.25, 0.3) is 0 Å². The summed E-state index contributed by atoms with van der Waals surface area (Å²) in [6, 6.07) is 0. The summed E-state index contributed by atoms with van der Waals surface area (Å²) in [6.45, 7) is 6.20. The third kappa shape index (κ3) is 2.30. The zero-order chi connectivity index (χ0) is 13.3. The Morgan fingerprint density at radius 3 is 2.83 bits per heavy atom. The van der Waals surface area contributed by atoms with Crippen LogP contribution in [0, 0.1) is 0 Å². The van der Waals surface area contributed by atoms with Crippen LogP contribution in [0.2, 0.25) is 0 Å². The predicted octanol–water partition coefficient (Wildman–Crippen LogP) is 1.43. The first-order chi connectivity index (χ1) is 8.50. The van der Waals surface area contributed by atoms with E-state index >= 15 is 0 Å². The molecule has 18 heavy (non-hydrogen) atoms. The number of rotatable bonds is 3. The lowest BCUT2D eigenvalue weighted by molar-refractivity contribution is -0.112. The van der Waals surface area contributed by atoms with Crippen molar-refractivity contribution in [2.75, 3.05) is 11.9 Å². The molecular formula is C12H14N2O3S. The molecule has 2 amide bonds. The Labute approximate surface area is 109 Å². The molecule has 0 bridgehead atoms. The monoisotopic (exact) mass is 266 g/mol. The van der Waals surface area contributed by atoms with E-state index in [1.807, 2.05) is 0 Å². The molecule has 96 valence electrons. The number of ether oxygens (including phenoxy) is 1. The highest BCUT2D eigenvalue weighted by molar-refractivity contribution is 7.17. The van der Waals surface area contributed by atoms with E-state index in [9.17, 15) is 9.59 Å². The molecule has 5 nitrogen and oxygen atoms in total. The smallest absolute Gasteiger partial charge is 0.251 e. The van der Waals surface area contributed by atoms with Crippen molar-refractivity contribution in [3.8, 4) is 0 Å². The molecule has 1 aromatic rings. The summed E-state index contributed by atoms with van der Waals surface area (Å²) in [7, 11) is 0. The fraction of sp³-hybridized carbons (Fsp3) is 0.333. The van der Waals surface area contributed by atoms with Crippen molar-refractivity contribution in [1.82, 2.24) is 0 Å². The first-order valence-electron chi connectivity index (χ1n) is 5.49. The number of carbonyl (C=O) groups excluding carboxylic acids is 2. The average molecular weight is 266 g/mol. The maximum absolute atomic E-state index is 11.6. The highest BCUT2D eigenvalue weighted by atomic mass is 32.1. The summed E-state index contributed by atoms with van der Waals surface area (Å²) in [6.07, 6.45) is 0.646. The van der Waals surface area contributed by atoms with E-state index in [1.165, 1.54) is 11.3 Å². The zero-order valence-electron chi connectivity index (χ0n) is 10.0. The number of nitrogens with one attached hydrogen (secondary N) is 1. The van der Waals surface area contributed by atoms with Crippen LogP contribution in [0.3, 0.4) is 0 Å². The fourth-order valence-corrected chi connectivity index (χ4v) is 2.98. The number of hydrogen-bond acceptors (Lipinski definition) is 4. The van der Waals surface area contributed by atoms with Crippen LogP contribution in [-0.2, 0) is 22.6 Å². The van der Waals surface area contributed by atoms with Crippen molar-refractivity contribution < 1.29 is 14.3 Å². The lowest BCUT2D eigenvalue weighted by Crippen LogP contribution is -2.19. The van der Waals surface area contributed by atoms with Crippen molar-refractivity contribution in [1.29, 1.82) is 0 Å². The number of hydrogen-bond donors (Lipinski definition) is 2. The maximum atomic E-state index is 11.6. The van der Waals surface area contributed by atoms with Gasteiger partial charge in [0.2, 0.25) is 0 Å². The molecule has 1 aliphatic rings. The molecule has 0 saturated carbocycles. The lowest BCUT2D eigenvalue weighted by atomic mass is 10.1. The third-order valence-corrected chi connectivity index (χ3v) is 3.80. The molecule has 1 aromatic heterocycles. The van der Waals surface area contributed by atoms with Crippen LogP contribution >= 0.6 is 11.3 Å². The van der Waals surface area contributed by atoms with Crippen molar-refractivity contribution in [3.05, 3.63) is 28.2 Å². The quantitative estimate of drug-likeness (QED) is 0.812. The molecule has 2 heterocycles. The minimum Gasteiger partial charge on any atom is -0.376 e. The molecule has 0 aliphatic carbocycles. The Kier molecular flexibility index (Phi) is 3.49. The Hall–Kier alpha value is -1.66. The van der Waals surface area contributed by atoms with Gasteiger partial charge in [0.25, 0.3) is 11.8 Å². The van der Waals surface area contributed by atoms with Crippen molar-refractivity contribution in [3.63, 3.8) is 0 Å². The standard InChI is InChI=1S/C12H14N2O3S/c1-6(2)11(16)14-12-9(10(13)15)7-3-4-17-5-8(7)18-12/h1,3-5H2,2H3,(H2,13,15)(H,14,16). The van der Waals surface area contributed by atoms with E-state index in [0.29, 0.717) is 35.8 Å². The molecule has 0 unspecified atom stereocenters. The molecule has 0 spiro atoms. The Morgan fingerprint density at radius 2 is 2.22 bits per heavy atom. The van der Waals surface area contributed by atoms with Crippen LogP contribution in [0.15, 0.2) is 12.2 Å². The highest BCUT2D eigenvalue weighted by Gasteiger charge is 2.25. The minimum atomic E-state index is -0.522. The van der Waals surface area contributed by atoms with Gasteiger partial charge in [-0.05, 0) is 18.9 Å². The fourth-order valence-electron chi connectivity index (χ4n) is 1.79. The number of amides is 2. The van der Waals surface area contributed by atoms with E-state index in [0.717, 1.165) is 10.4 Å². The SMILES string of the molecule is C=C(C)C(=O)Nc1sc2c(c1C(N)=O)CCOC2. The molecule has 0 radical (unpaired) electrons. The van der Waals surface area contributed by atoms with Gasteiger partial charge in [0.1, 0.15) is 5.00 Å². The van der Waals surface area contributed by atoms with Gasteiger partial charge >= 0.3 is 0 Å². The maximum Gasteiger partial charge on any atom is 0.251 e. The molecule has 0 atom stereocenters. The second-order valence-electron chi connectivity index (χ2n) is 4.11. The van der Waals surface area contributed by atoms with Crippen LogP contribution in [0.1, 0.15) is 27.7 Å². The van der Waals surface area contributed by atoms with Crippen LogP contribution in [0.5, 0.6) is 0 Å². The van der Waals surface area contributed by atoms with Gasteiger partial charge in [-0.3, -0.25) is 9.59 Å². The molecule has 0 saturated heterocycles. The number of nitrogens with two attached hydrogens (primary N) is 1. The summed E-state index contributed by atoms with van der Waals surface area (Å²) in [5.41, 5.74) is 7.08. The van der Waals surface area contributed by atoms with Gasteiger partial charge in [0.05, 0.1) is 18.8 Å². The van der Waals surface area contributed by atoms with Gasteiger partial charge in [0.15, 0.2) is 0 Å². The number of thiophene rings is 1. The second-order valence-corrected chi connectivity index (χ2v) is 5.21. The number of fused-ring (bicyclic) bond motifs is 1. The summed E-state index contributed by atoms with van der Waals surface area (Å²) < 4.78 is 5.32. The molecule has 1 aliphatic heterocycles. The predicted molar refractivity (Wildman–Crippen MR) is 69.6 cm³/mol. The van der Waals surface area contributed by atoms with E-state index in [4.69, 9.17) is 10.5 Å². The highest BCUT2D eigenvalue weighted by Crippen LogP contribution is 2.36. The largest absolute Gasteiger partial charge is 0.376 e. The lowest BCUT2D eigenvalue weighted by Gasteiger charge is -2.12. The third-order valence-electron chi connectivity index (χ3n) is 2.68. The molecule has 6 heteroatoms. The summed E-state index contributed by atoms with van der Waals surface area (Å²) >= 11 is 1.34. The van der Waals surface area contributed by atoms with Gasteiger partial charge < -0.3 is 15.8 Å². The first kappa shape index (κ1) is 12.8.